The van der Waals surface area contributed by atoms with Gasteiger partial charge in [-0.2, -0.15) is 0 Å². The molecule has 0 bridgehead atoms. The summed E-state index contributed by atoms with van der Waals surface area (Å²) in [6.45, 7) is 7.22. The number of benzene rings is 6. The van der Waals surface area contributed by atoms with Crippen molar-refractivity contribution in [3.63, 3.8) is 0 Å². The van der Waals surface area contributed by atoms with Crippen LogP contribution in [-0.2, 0) is 16.2 Å². The zero-order valence-corrected chi connectivity index (χ0v) is 26.5. The van der Waals surface area contributed by atoms with Gasteiger partial charge in [-0.15, -0.1) is 0 Å². The number of rotatable bonds is 3. The minimum absolute atomic E-state index is 0.117. The molecule has 2 aliphatic carbocycles. The Bertz CT molecular complexity index is 2200. The molecule has 1 atom stereocenters. The normalized spacial score (nSPS) is 20.0. The predicted molar refractivity (Wildman–Crippen MR) is 189 cm³/mol. The third-order valence-corrected chi connectivity index (χ3v) is 11.1. The Kier molecular flexibility index (Phi) is 5.72. The molecule has 1 unspecified atom stereocenters. The van der Waals surface area contributed by atoms with Crippen molar-refractivity contribution in [3.05, 3.63) is 196 Å². The first-order valence-corrected chi connectivity index (χ1v) is 16.4. The molecular formula is C45H36O. The summed E-state index contributed by atoms with van der Waals surface area (Å²) < 4.78 is 6.88. The topological polar surface area (TPSA) is 9.23 Å². The van der Waals surface area contributed by atoms with E-state index < -0.39 is 5.41 Å². The Balaban J connectivity index is 1.33. The number of hydrogen-bond donors (Lipinski definition) is 0. The molecular weight excluding hydrogens is 556 g/mol. The molecule has 0 saturated heterocycles. The Morgan fingerprint density at radius 1 is 0.565 bits per heavy atom. The number of para-hydroxylation sites is 1. The third kappa shape index (κ3) is 3.52. The standard InChI is InChI=1S/C45H36O/c1-43(2)37-27-24-30-15-10-11-20-34(30)41(37)35-26-25-33(29-38(35)43)44(3)28-14-23-40-42(44)45(31-16-6-4-7-17-31,32-18-8-5-9-19-32)36-21-12-13-22-39(36)46-40/h4-27,29H,28H2,1-3H3. The van der Waals surface area contributed by atoms with Gasteiger partial charge in [0.2, 0.25) is 0 Å². The lowest BCUT2D eigenvalue weighted by Crippen LogP contribution is -2.46. The van der Waals surface area contributed by atoms with Gasteiger partial charge in [0.25, 0.3) is 0 Å². The van der Waals surface area contributed by atoms with Gasteiger partial charge in [-0.05, 0) is 68.3 Å². The summed E-state index contributed by atoms with van der Waals surface area (Å²) in [7, 11) is 0. The highest BCUT2D eigenvalue weighted by Crippen LogP contribution is 2.61. The summed E-state index contributed by atoms with van der Waals surface area (Å²) in [6.07, 6.45) is 5.41. The van der Waals surface area contributed by atoms with Crippen LogP contribution in [0.4, 0.5) is 0 Å². The number of ether oxygens (including phenoxy) is 1. The van der Waals surface area contributed by atoms with Crippen LogP contribution in [0.25, 0.3) is 21.9 Å². The zero-order chi connectivity index (χ0) is 31.1. The Morgan fingerprint density at radius 3 is 2.00 bits per heavy atom. The van der Waals surface area contributed by atoms with Crippen LogP contribution in [0.3, 0.4) is 0 Å². The molecule has 0 saturated carbocycles. The highest BCUT2D eigenvalue weighted by molar-refractivity contribution is 6.02. The highest BCUT2D eigenvalue weighted by Gasteiger charge is 2.54. The SMILES string of the molecule is CC1(c2ccc3c(c2)C(C)(C)c2ccc4ccccc4c2-3)CC=CC2=C1C(c1ccccc1)(c1ccccc1)c1ccccc1O2. The highest BCUT2D eigenvalue weighted by atomic mass is 16.5. The average Bonchev–Trinajstić information content (AvgIpc) is 3.34. The maximum atomic E-state index is 6.88. The molecule has 1 nitrogen and oxygen atoms in total. The Morgan fingerprint density at radius 2 is 1.24 bits per heavy atom. The Hall–Kier alpha value is -5.14. The van der Waals surface area contributed by atoms with Gasteiger partial charge in [-0.1, -0.05) is 160 Å². The van der Waals surface area contributed by atoms with Crippen molar-refractivity contribution < 1.29 is 4.74 Å². The minimum Gasteiger partial charge on any atom is -0.457 e. The molecule has 46 heavy (non-hydrogen) atoms. The molecule has 9 rings (SSSR count). The van der Waals surface area contributed by atoms with Crippen LogP contribution in [-0.4, -0.2) is 0 Å². The fourth-order valence-electron chi connectivity index (χ4n) is 8.92. The number of hydrogen-bond acceptors (Lipinski definition) is 1. The smallest absolute Gasteiger partial charge is 0.132 e. The van der Waals surface area contributed by atoms with Gasteiger partial charge >= 0.3 is 0 Å². The summed E-state index contributed by atoms with van der Waals surface area (Å²) in [4.78, 5) is 0. The van der Waals surface area contributed by atoms with Gasteiger partial charge in [-0.3, -0.25) is 0 Å². The summed E-state index contributed by atoms with van der Waals surface area (Å²) in [6, 6.07) is 51.5. The number of fused-ring (bicyclic) bond motifs is 6. The largest absolute Gasteiger partial charge is 0.457 e. The van der Waals surface area contributed by atoms with Crippen LogP contribution in [0.2, 0.25) is 0 Å². The molecule has 0 spiro atoms. The molecule has 0 aromatic heterocycles. The van der Waals surface area contributed by atoms with E-state index in [0.717, 1.165) is 17.9 Å². The van der Waals surface area contributed by atoms with Gasteiger partial charge in [0, 0.05) is 22.0 Å². The van der Waals surface area contributed by atoms with Gasteiger partial charge in [0.1, 0.15) is 11.5 Å². The quantitative estimate of drug-likeness (QED) is 0.199. The molecule has 0 amide bonds. The molecule has 222 valence electrons. The maximum Gasteiger partial charge on any atom is 0.132 e. The van der Waals surface area contributed by atoms with Crippen molar-refractivity contribution in [2.75, 3.05) is 0 Å². The van der Waals surface area contributed by atoms with E-state index in [1.54, 1.807) is 0 Å². The summed E-state index contributed by atoms with van der Waals surface area (Å²) in [5, 5.41) is 2.63. The van der Waals surface area contributed by atoms with Crippen molar-refractivity contribution in [2.45, 2.75) is 43.4 Å². The van der Waals surface area contributed by atoms with E-state index in [2.05, 4.69) is 172 Å². The molecule has 1 heteroatoms. The molecule has 0 radical (unpaired) electrons. The maximum absolute atomic E-state index is 6.88. The molecule has 0 N–H and O–H groups in total. The zero-order valence-electron chi connectivity index (χ0n) is 26.5. The molecule has 3 aliphatic rings. The van der Waals surface area contributed by atoms with Crippen LogP contribution in [0.1, 0.15) is 60.6 Å². The molecule has 1 heterocycles. The summed E-state index contributed by atoms with van der Waals surface area (Å²) in [5.41, 5.74) is 10.9. The fourth-order valence-corrected chi connectivity index (χ4v) is 8.92. The first-order chi connectivity index (χ1) is 22.4. The Labute approximate surface area is 271 Å². The molecule has 6 aromatic carbocycles. The van der Waals surface area contributed by atoms with E-state index in [0.29, 0.717) is 0 Å². The lowest BCUT2D eigenvalue weighted by molar-refractivity contribution is 0.350. The van der Waals surface area contributed by atoms with E-state index in [-0.39, 0.29) is 10.8 Å². The van der Waals surface area contributed by atoms with Crippen LogP contribution in [0.5, 0.6) is 5.75 Å². The van der Waals surface area contributed by atoms with Crippen LogP contribution in [0, 0.1) is 0 Å². The first-order valence-electron chi connectivity index (χ1n) is 16.4. The van der Waals surface area contributed by atoms with Crippen molar-refractivity contribution in [1.29, 1.82) is 0 Å². The molecule has 0 fully saturated rings. The molecule has 6 aromatic rings. The van der Waals surface area contributed by atoms with Gasteiger partial charge in [0.15, 0.2) is 0 Å². The number of allylic oxidation sites excluding steroid dienone is 3. The second-order valence-corrected chi connectivity index (χ2v) is 13.9. The minimum atomic E-state index is -0.542. The van der Waals surface area contributed by atoms with E-state index in [4.69, 9.17) is 4.74 Å². The van der Waals surface area contributed by atoms with E-state index in [9.17, 15) is 0 Å². The summed E-state index contributed by atoms with van der Waals surface area (Å²) in [5.74, 6) is 1.87. The predicted octanol–water partition coefficient (Wildman–Crippen LogP) is 11.0. The van der Waals surface area contributed by atoms with E-state index in [1.807, 2.05) is 0 Å². The fraction of sp³-hybridized carbons (Fsp3) is 0.156. The van der Waals surface area contributed by atoms with Gasteiger partial charge in [0.05, 0.1) is 5.41 Å². The van der Waals surface area contributed by atoms with Crippen molar-refractivity contribution in [2.24, 2.45) is 0 Å². The lowest BCUT2D eigenvalue weighted by Gasteiger charge is -2.50. The van der Waals surface area contributed by atoms with E-state index in [1.165, 1.54) is 60.9 Å². The second-order valence-electron chi connectivity index (χ2n) is 13.9. The lowest BCUT2D eigenvalue weighted by atomic mass is 9.53. The van der Waals surface area contributed by atoms with Crippen molar-refractivity contribution in [1.82, 2.24) is 0 Å². The third-order valence-electron chi connectivity index (χ3n) is 11.1. The van der Waals surface area contributed by atoms with Gasteiger partial charge in [-0.25, -0.2) is 0 Å². The van der Waals surface area contributed by atoms with E-state index >= 15 is 0 Å². The van der Waals surface area contributed by atoms with Gasteiger partial charge < -0.3 is 4.74 Å². The van der Waals surface area contributed by atoms with Crippen LogP contribution in [0.15, 0.2) is 163 Å². The monoisotopic (exact) mass is 592 g/mol. The van der Waals surface area contributed by atoms with Crippen molar-refractivity contribution >= 4 is 10.8 Å². The van der Waals surface area contributed by atoms with Crippen molar-refractivity contribution in [3.8, 4) is 16.9 Å². The van der Waals surface area contributed by atoms with Crippen LogP contribution >= 0.6 is 0 Å². The second kappa shape index (κ2) is 9.68. The molecule has 1 aliphatic heterocycles. The average molecular weight is 593 g/mol. The summed E-state index contributed by atoms with van der Waals surface area (Å²) >= 11 is 0. The van der Waals surface area contributed by atoms with Crippen LogP contribution < -0.4 is 4.74 Å². The first kappa shape index (κ1) is 27.2.